The molecule has 2 aromatic rings. The lowest BCUT2D eigenvalue weighted by Gasteiger charge is -2.12. The van der Waals surface area contributed by atoms with E-state index in [4.69, 9.17) is 17.3 Å². The number of nitrogens with two attached hydrogens (primary N) is 1. The summed E-state index contributed by atoms with van der Waals surface area (Å²) >= 11 is 5.96. The molecule has 0 amide bonds. The summed E-state index contributed by atoms with van der Waals surface area (Å²) in [5.41, 5.74) is 7.69. The zero-order chi connectivity index (χ0) is 15.5. The van der Waals surface area contributed by atoms with E-state index < -0.39 is 10.0 Å². The normalized spacial score (nSPS) is 11.4. The highest BCUT2D eigenvalue weighted by Crippen LogP contribution is 2.24. The van der Waals surface area contributed by atoms with Gasteiger partial charge in [0, 0.05) is 11.6 Å². The summed E-state index contributed by atoms with van der Waals surface area (Å²) in [5.74, 6) is 0. The zero-order valence-corrected chi connectivity index (χ0v) is 13.2. The number of halogens is 1. The number of hydrogen-bond donors (Lipinski definition) is 2. The van der Waals surface area contributed by atoms with Crippen LogP contribution in [-0.2, 0) is 23.0 Å². The van der Waals surface area contributed by atoms with Gasteiger partial charge >= 0.3 is 0 Å². The van der Waals surface area contributed by atoms with E-state index in [2.05, 4.69) is 4.72 Å². The highest BCUT2D eigenvalue weighted by atomic mass is 35.5. The lowest BCUT2D eigenvalue weighted by Crippen LogP contribution is -2.14. The van der Waals surface area contributed by atoms with Gasteiger partial charge in [0.2, 0.25) is 0 Å². The Morgan fingerprint density at radius 2 is 1.86 bits per heavy atom. The minimum absolute atomic E-state index is 0.151. The van der Waals surface area contributed by atoms with Gasteiger partial charge in [-0.25, -0.2) is 8.42 Å². The lowest BCUT2D eigenvalue weighted by molar-refractivity contribution is 0.601. The van der Waals surface area contributed by atoms with Crippen LogP contribution >= 0.6 is 11.6 Å². The van der Waals surface area contributed by atoms with E-state index in [1.807, 2.05) is 19.1 Å². The largest absolute Gasteiger partial charge is 0.326 e. The van der Waals surface area contributed by atoms with Crippen LogP contribution in [0.2, 0.25) is 5.02 Å². The molecule has 6 heteroatoms. The summed E-state index contributed by atoms with van der Waals surface area (Å²) in [6.45, 7) is 2.16. The summed E-state index contributed by atoms with van der Waals surface area (Å²) in [6.07, 6.45) is 0.743. The Kier molecular flexibility index (Phi) is 4.88. The molecule has 3 N–H and O–H groups in total. The standard InChI is InChI=1S/C15H17ClN2O2S/c1-2-11-5-3-4-6-15(11)18-21(19,20)13-7-8-14(16)12(9-13)10-17/h3-9,18H,2,10,17H2,1H3. The molecule has 4 nitrogen and oxygen atoms in total. The van der Waals surface area contributed by atoms with Crippen molar-refractivity contribution in [2.24, 2.45) is 5.73 Å². The van der Waals surface area contributed by atoms with Crippen molar-refractivity contribution >= 4 is 27.3 Å². The van der Waals surface area contributed by atoms with Crippen molar-refractivity contribution in [1.82, 2.24) is 0 Å². The Hall–Kier alpha value is -1.56. The van der Waals surface area contributed by atoms with Crippen LogP contribution in [0.5, 0.6) is 0 Å². The SMILES string of the molecule is CCc1ccccc1NS(=O)(=O)c1ccc(Cl)c(CN)c1. The number of sulfonamides is 1. The van der Waals surface area contributed by atoms with Crippen LogP contribution in [-0.4, -0.2) is 8.42 Å². The maximum absolute atomic E-state index is 12.5. The van der Waals surface area contributed by atoms with E-state index in [9.17, 15) is 8.42 Å². The topological polar surface area (TPSA) is 72.2 Å². The molecule has 112 valence electrons. The molecular weight excluding hydrogens is 308 g/mol. The molecule has 0 saturated heterocycles. The first-order valence-corrected chi connectivity index (χ1v) is 8.43. The lowest BCUT2D eigenvalue weighted by atomic mass is 10.1. The number of nitrogens with one attached hydrogen (secondary N) is 1. The quantitative estimate of drug-likeness (QED) is 0.887. The molecule has 0 bridgehead atoms. The minimum atomic E-state index is -3.66. The van der Waals surface area contributed by atoms with E-state index in [-0.39, 0.29) is 11.4 Å². The van der Waals surface area contributed by atoms with Gasteiger partial charge in [-0.15, -0.1) is 0 Å². The number of para-hydroxylation sites is 1. The Labute approximate surface area is 130 Å². The van der Waals surface area contributed by atoms with E-state index in [1.54, 1.807) is 18.2 Å². The molecule has 21 heavy (non-hydrogen) atoms. The molecule has 0 saturated carbocycles. The third kappa shape index (κ3) is 3.56. The first-order valence-electron chi connectivity index (χ1n) is 6.57. The summed E-state index contributed by atoms with van der Waals surface area (Å²) < 4.78 is 27.5. The van der Waals surface area contributed by atoms with Gasteiger partial charge in [0.15, 0.2) is 0 Å². The van der Waals surface area contributed by atoms with Gasteiger partial charge in [-0.2, -0.15) is 0 Å². The number of benzene rings is 2. The van der Waals surface area contributed by atoms with Crippen molar-refractivity contribution in [2.75, 3.05) is 4.72 Å². The molecule has 0 heterocycles. The molecule has 2 rings (SSSR count). The van der Waals surface area contributed by atoms with Gasteiger partial charge in [-0.1, -0.05) is 36.7 Å². The predicted molar refractivity (Wildman–Crippen MR) is 86.0 cm³/mol. The van der Waals surface area contributed by atoms with Crippen LogP contribution < -0.4 is 10.5 Å². The fourth-order valence-electron chi connectivity index (χ4n) is 2.01. The maximum Gasteiger partial charge on any atom is 0.261 e. The Balaban J connectivity index is 2.38. The average Bonchev–Trinajstić information content (AvgIpc) is 2.47. The summed E-state index contributed by atoms with van der Waals surface area (Å²) in [5, 5.41) is 0.463. The smallest absolute Gasteiger partial charge is 0.261 e. The molecule has 0 aliphatic rings. The van der Waals surface area contributed by atoms with Crippen LogP contribution in [0.3, 0.4) is 0 Å². The number of aryl methyl sites for hydroxylation is 1. The summed E-state index contributed by atoms with van der Waals surface area (Å²) in [7, 11) is -3.66. The van der Waals surface area contributed by atoms with E-state index in [0.717, 1.165) is 12.0 Å². The highest BCUT2D eigenvalue weighted by molar-refractivity contribution is 7.92. The molecule has 0 fully saturated rings. The van der Waals surface area contributed by atoms with Gasteiger partial charge in [0.25, 0.3) is 10.0 Å². The molecule has 0 atom stereocenters. The van der Waals surface area contributed by atoms with Crippen molar-refractivity contribution in [1.29, 1.82) is 0 Å². The first-order chi connectivity index (χ1) is 9.97. The molecule has 2 aromatic carbocycles. The molecule has 0 unspecified atom stereocenters. The van der Waals surface area contributed by atoms with Crippen LogP contribution in [0.4, 0.5) is 5.69 Å². The third-order valence-electron chi connectivity index (χ3n) is 3.19. The van der Waals surface area contributed by atoms with E-state index >= 15 is 0 Å². The minimum Gasteiger partial charge on any atom is -0.326 e. The highest BCUT2D eigenvalue weighted by Gasteiger charge is 2.16. The Morgan fingerprint density at radius 1 is 1.14 bits per heavy atom. The second kappa shape index (κ2) is 6.47. The molecule has 0 aliphatic heterocycles. The van der Waals surface area contributed by atoms with E-state index in [0.29, 0.717) is 16.3 Å². The van der Waals surface area contributed by atoms with Crippen molar-refractivity contribution < 1.29 is 8.42 Å². The second-order valence-corrected chi connectivity index (χ2v) is 6.66. The van der Waals surface area contributed by atoms with E-state index in [1.165, 1.54) is 12.1 Å². The average molecular weight is 325 g/mol. The van der Waals surface area contributed by atoms with Gasteiger partial charge < -0.3 is 5.73 Å². The first kappa shape index (κ1) is 15.8. The molecule has 0 radical (unpaired) electrons. The predicted octanol–water partition coefficient (Wildman–Crippen LogP) is 3.16. The van der Waals surface area contributed by atoms with Gasteiger partial charge in [-0.3, -0.25) is 4.72 Å². The zero-order valence-electron chi connectivity index (χ0n) is 11.6. The van der Waals surface area contributed by atoms with Gasteiger partial charge in [0.1, 0.15) is 0 Å². The van der Waals surface area contributed by atoms with Crippen molar-refractivity contribution in [3.63, 3.8) is 0 Å². The molecular formula is C15H17ClN2O2S. The molecule has 0 spiro atoms. The van der Waals surface area contributed by atoms with Crippen molar-refractivity contribution in [3.05, 3.63) is 58.6 Å². The van der Waals surface area contributed by atoms with Crippen LogP contribution in [0.15, 0.2) is 47.4 Å². The number of rotatable bonds is 5. The maximum atomic E-state index is 12.5. The van der Waals surface area contributed by atoms with Gasteiger partial charge in [0.05, 0.1) is 10.6 Å². The van der Waals surface area contributed by atoms with Gasteiger partial charge in [-0.05, 0) is 41.8 Å². The monoisotopic (exact) mass is 324 g/mol. The van der Waals surface area contributed by atoms with Crippen LogP contribution in [0.1, 0.15) is 18.1 Å². The fourth-order valence-corrected chi connectivity index (χ4v) is 3.35. The Bertz CT molecular complexity index is 745. The van der Waals surface area contributed by atoms with Crippen molar-refractivity contribution in [3.8, 4) is 0 Å². The molecule has 0 aliphatic carbocycles. The Morgan fingerprint density at radius 3 is 2.52 bits per heavy atom. The number of anilines is 1. The summed E-state index contributed by atoms with van der Waals surface area (Å²) in [4.78, 5) is 0.151. The number of hydrogen-bond acceptors (Lipinski definition) is 3. The second-order valence-electron chi connectivity index (χ2n) is 4.57. The third-order valence-corrected chi connectivity index (χ3v) is 4.92. The molecule has 0 aromatic heterocycles. The van der Waals surface area contributed by atoms with Crippen LogP contribution in [0, 0.1) is 0 Å². The van der Waals surface area contributed by atoms with Crippen LogP contribution in [0.25, 0.3) is 0 Å². The summed E-state index contributed by atoms with van der Waals surface area (Å²) in [6, 6.07) is 11.8. The fraction of sp³-hybridized carbons (Fsp3) is 0.200. The van der Waals surface area contributed by atoms with Crippen molar-refractivity contribution in [2.45, 2.75) is 24.8 Å².